The van der Waals surface area contributed by atoms with Crippen LogP contribution in [-0.2, 0) is 15.2 Å². The first-order valence-corrected chi connectivity index (χ1v) is 9.50. The van der Waals surface area contributed by atoms with Gasteiger partial charge in [-0.1, -0.05) is 48.0 Å². The molecule has 138 valence electrons. The zero-order chi connectivity index (χ0) is 18.7. The van der Waals surface area contributed by atoms with Crippen molar-refractivity contribution in [1.29, 1.82) is 0 Å². The van der Waals surface area contributed by atoms with E-state index in [4.69, 9.17) is 9.47 Å². The molecule has 4 nitrogen and oxygen atoms in total. The maximum atomic E-state index is 14.7. The molecule has 2 heterocycles. The molecule has 0 aromatic heterocycles. The van der Waals surface area contributed by atoms with Crippen LogP contribution in [0.2, 0.25) is 0 Å². The van der Waals surface area contributed by atoms with Gasteiger partial charge in [0.2, 0.25) is 5.90 Å². The van der Waals surface area contributed by atoms with E-state index in [1.165, 1.54) is 6.07 Å². The minimum atomic E-state index is -1.01. The highest BCUT2D eigenvalue weighted by atomic mass is 79.9. The van der Waals surface area contributed by atoms with Crippen LogP contribution in [0.4, 0.5) is 10.1 Å². The Balaban J connectivity index is 0.000000948. The van der Waals surface area contributed by atoms with Crippen LogP contribution in [0.5, 0.6) is 0 Å². The van der Waals surface area contributed by atoms with Crippen LogP contribution < -0.4 is 0 Å². The van der Waals surface area contributed by atoms with Gasteiger partial charge in [0.15, 0.2) is 5.72 Å². The van der Waals surface area contributed by atoms with E-state index in [2.05, 4.69) is 25.8 Å². The Hall–Kier alpha value is -1.76. The monoisotopic (exact) mass is 420 g/mol. The van der Waals surface area contributed by atoms with E-state index >= 15 is 0 Å². The van der Waals surface area contributed by atoms with E-state index in [0.717, 1.165) is 15.7 Å². The summed E-state index contributed by atoms with van der Waals surface area (Å²) in [5, 5.41) is 0. The van der Waals surface area contributed by atoms with Crippen LogP contribution in [-0.4, -0.2) is 37.6 Å². The Morgan fingerprint density at radius 2 is 1.96 bits per heavy atom. The summed E-state index contributed by atoms with van der Waals surface area (Å²) in [6.45, 7) is 5.64. The highest BCUT2D eigenvalue weighted by molar-refractivity contribution is 9.10. The number of rotatable bonds is 1. The quantitative estimate of drug-likeness (QED) is 0.661. The number of aliphatic imine (C=N–C) groups is 1. The molecule has 0 N–H and O–H groups in total. The maximum Gasteiger partial charge on any atom is 0.202 e. The number of methoxy groups -OCH3 is 1. The van der Waals surface area contributed by atoms with Gasteiger partial charge in [-0.15, -0.1) is 0 Å². The van der Waals surface area contributed by atoms with Crippen LogP contribution in [0.25, 0.3) is 0 Å². The predicted molar refractivity (Wildman–Crippen MR) is 104 cm³/mol. The summed E-state index contributed by atoms with van der Waals surface area (Å²) in [4.78, 5) is 6.69. The van der Waals surface area contributed by atoms with Gasteiger partial charge < -0.3 is 9.47 Å². The van der Waals surface area contributed by atoms with Crippen molar-refractivity contribution in [3.8, 4) is 0 Å². The number of benzene rings is 2. The molecule has 26 heavy (non-hydrogen) atoms. The van der Waals surface area contributed by atoms with Gasteiger partial charge in [0.05, 0.1) is 25.9 Å². The van der Waals surface area contributed by atoms with Crippen molar-refractivity contribution in [2.45, 2.75) is 19.6 Å². The van der Waals surface area contributed by atoms with Gasteiger partial charge >= 0.3 is 0 Å². The Bertz CT molecular complexity index is 827. The first-order chi connectivity index (χ1) is 12.6. The molecule has 2 aromatic carbocycles. The summed E-state index contributed by atoms with van der Waals surface area (Å²) < 4.78 is 27.2. The number of nitrogens with zero attached hydrogens (tertiary/aromatic N) is 2. The summed E-state index contributed by atoms with van der Waals surface area (Å²) in [6, 6.07) is 12.5. The molecule has 1 fully saturated rings. The third kappa shape index (κ3) is 3.06. The van der Waals surface area contributed by atoms with E-state index < -0.39 is 5.72 Å². The second-order valence-electron chi connectivity index (χ2n) is 5.77. The van der Waals surface area contributed by atoms with Crippen molar-refractivity contribution >= 4 is 27.5 Å². The SMILES string of the molecule is CC.COC1=Nc2ccc(Br)cc2C2(c3ccccc3F)OCCN2C1. The Morgan fingerprint density at radius 1 is 1.19 bits per heavy atom. The van der Waals surface area contributed by atoms with Gasteiger partial charge in [-0.3, -0.25) is 4.90 Å². The fraction of sp³-hybridized carbons (Fsp3) is 0.350. The van der Waals surface area contributed by atoms with Crippen LogP contribution in [0.15, 0.2) is 51.9 Å². The lowest BCUT2D eigenvalue weighted by atomic mass is 9.91. The molecular weight excluding hydrogens is 399 g/mol. The highest BCUT2D eigenvalue weighted by Gasteiger charge is 2.50. The van der Waals surface area contributed by atoms with Gasteiger partial charge in [-0.2, -0.15) is 0 Å². The first kappa shape index (κ1) is 19.0. The second kappa shape index (κ2) is 7.86. The molecule has 0 spiro atoms. The molecule has 1 atom stereocenters. The van der Waals surface area contributed by atoms with E-state index in [1.807, 2.05) is 38.1 Å². The lowest BCUT2D eigenvalue weighted by molar-refractivity contribution is -0.0484. The number of fused-ring (bicyclic) bond motifs is 3. The second-order valence-corrected chi connectivity index (χ2v) is 6.68. The summed E-state index contributed by atoms with van der Waals surface area (Å²) in [5.41, 5.74) is 1.03. The molecule has 2 aromatic rings. The molecule has 6 heteroatoms. The third-order valence-electron chi connectivity index (χ3n) is 4.49. The molecule has 2 aliphatic heterocycles. The average molecular weight is 421 g/mol. The van der Waals surface area contributed by atoms with Gasteiger partial charge in [0, 0.05) is 22.1 Å². The number of ether oxygens (including phenoxy) is 2. The normalized spacial score (nSPS) is 21.7. The Kier molecular flexibility index (Phi) is 5.75. The van der Waals surface area contributed by atoms with E-state index in [1.54, 1.807) is 19.2 Å². The van der Waals surface area contributed by atoms with Crippen molar-refractivity contribution in [3.63, 3.8) is 0 Å². The van der Waals surface area contributed by atoms with Crippen molar-refractivity contribution in [2.75, 3.05) is 26.8 Å². The first-order valence-electron chi connectivity index (χ1n) is 8.71. The van der Waals surface area contributed by atoms with Crippen molar-refractivity contribution in [2.24, 2.45) is 4.99 Å². The molecule has 0 bridgehead atoms. The number of hydrogen-bond acceptors (Lipinski definition) is 4. The molecule has 0 amide bonds. The smallest absolute Gasteiger partial charge is 0.202 e. The van der Waals surface area contributed by atoms with Gasteiger partial charge in [0.1, 0.15) is 5.82 Å². The third-order valence-corrected chi connectivity index (χ3v) is 4.98. The summed E-state index contributed by atoms with van der Waals surface area (Å²) in [7, 11) is 1.60. The molecule has 4 rings (SSSR count). The number of halogens is 2. The lowest BCUT2D eigenvalue weighted by Gasteiger charge is -2.37. The van der Waals surface area contributed by atoms with Crippen LogP contribution in [0, 0.1) is 5.82 Å². The molecule has 2 aliphatic rings. The summed E-state index contributed by atoms with van der Waals surface area (Å²) >= 11 is 3.51. The predicted octanol–water partition coefficient (Wildman–Crippen LogP) is 4.84. The molecule has 0 saturated carbocycles. The van der Waals surface area contributed by atoms with Crippen LogP contribution in [0.3, 0.4) is 0 Å². The van der Waals surface area contributed by atoms with Gasteiger partial charge in [0.25, 0.3) is 0 Å². The molecule has 1 unspecified atom stereocenters. The van der Waals surface area contributed by atoms with Crippen molar-refractivity contribution in [1.82, 2.24) is 4.90 Å². The molecule has 0 radical (unpaired) electrons. The average Bonchev–Trinajstić information content (AvgIpc) is 3.03. The molecule has 0 aliphatic carbocycles. The summed E-state index contributed by atoms with van der Waals surface area (Å²) in [5.74, 6) is 0.290. The zero-order valence-corrected chi connectivity index (χ0v) is 16.7. The minimum absolute atomic E-state index is 0.295. The van der Waals surface area contributed by atoms with E-state index in [0.29, 0.717) is 31.2 Å². The largest absolute Gasteiger partial charge is 0.483 e. The maximum absolute atomic E-state index is 14.7. The fourth-order valence-electron chi connectivity index (χ4n) is 3.44. The van der Waals surface area contributed by atoms with Crippen LogP contribution >= 0.6 is 15.9 Å². The molecular formula is C20H22BrFN2O2. The van der Waals surface area contributed by atoms with E-state index in [-0.39, 0.29) is 5.82 Å². The minimum Gasteiger partial charge on any atom is -0.483 e. The summed E-state index contributed by atoms with van der Waals surface area (Å²) in [6.07, 6.45) is 0. The Morgan fingerprint density at radius 3 is 2.69 bits per heavy atom. The number of hydrogen-bond donors (Lipinski definition) is 0. The fourth-order valence-corrected chi connectivity index (χ4v) is 3.80. The van der Waals surface area contributed by atoms with Crippen LogP contribution in [0.1, 0.15) is 25.0 Å². The van der Waals surface area contributed by atoms with E-state index in [9.17, 15) is 4.39 Å². The Labute approximate surface area is 161 Å². The molecule has 1 saturated heterocycles. The van der Waals surface area contributed by atoms with Crippen molar-refractivity contribution in [3.05, 3.63) is 63.9 Å². The van der Waals surface area contributed by atoms with Gasteiger partial charge in [-0.05, 0) is 24.3 Å². The zero-order valence-electron chi connectivity index (χ0n) is 15.1. The standard InChI is InChI=1S/C18H16BrFN2O2.C2H6/c1-23-17-11-22-8-9-24-18(22,13-4-2-3-5-15(13)20)14-10-12(19)6-7-16(14)21-17;1-2/h2-7,10H,8-9,11H2,1H3;1-2H3. The topological polar surface area (TPSA) is 34.1 Å². The highest BCUT2D eigenvalue weighted by Crippen LogP contribution is 2.47. The van der Waals surface area contributed by atoms with Crippen molar-refractivity contribution < 1.29 is 13.9 Å². The lowest BCUT2D eigenvalue weighted by Crippen LogP contribution is -2.45. The van der Waals surface area contributed by atoms with Gasteiger partial charge in [-0.25, -0.2) is 9.38 Å².